The molecule has 1 aliphatic carbocycles. The lowest BCUT2D eigenvalue weighted by molar-refractivity contribution is -0.147. The zero-order valence-corrected chi connectivity index (χ0v) is 12.0. The quantitative estimate of drug-likeness (QED) is 0.732. The van der Waals surface area contributed by atoms with Crippen LogP contribution in [-0.4, -0.2) is 47.2 Å². The van der Waals surface area contributed by atoms with Crippen molar-refractivity contribution in [3.63, 3.8) is 0 Å². The molecule has 1 rings (SSSR count). The van der Waals surface area contributed by atoms with E-state index in [1.54, 1.807) is 0 Å². The van der Waals surface area contributed by atoms with Gasteiger partial charge in [0.15, 0.2) is 0 Å². The molecule has 0 amide bonds. The summed E-state index contributed by atoms with van der Waals surface area (Å²) in [6.07, 6.45) is 4.61. The van der Waals surface area contributed by atoms with Gasteiger partial charge in [0.25, 0.3) is 0 Å². The Bertz CT molecular complexity index is 267. The lowest BCUT2D eigenvalue weighted by Gasteiger charge is -2.42. The number of nitrogens with one attached hydrogen (secondary N) is 1. The summed E-state index contributed by atoms with van der Waals surface area (Å²) in [6.45, 7) is 9.18. The van der Waals surface area contributed by atoms with E-state index in [0.29, 0.717) is 6.04 Å². The molecule has 1 aliphatic rings. The van der Waals surface area contributed by atoms with Gasteiger partial charge in [-0.25, -0.2) is 0 Å². The van der Waals surface area contributed by atoms with Crippen LogP contribution in [0.25, 0.3) is 0 Å². The third-order valence-electron chi connectivity index (χ3n) is 4.18. The standard InChI is InChI=1S/C14H28N2O2/c1-4-10-15-14(13(17)18)9-7-8-12(11-14)16(5-2)6-3/h12,15H,4-11H2,1-3H3,(H,17,18). The predicted molar refractivity (Wildman–Crippen MR) is 73.8 cm³/mol. The molecule has 0 saturated heterocycles. The molecule has 0 bridgehead atoms. The number of aliphatic carboxylic acids is 1. The maximum atomic E-state index is 11.6. The van der Waals surface area contributed by atoms with Gasteiger partial charge < -0.3 is 15.3 Å². The van der Waals surface area contributed by atoms with Gasteiger partial charge in [-0.05, 0) is 51.7 Å². The Morgan fingerprint density at radius 1 is 1.39 bits per heavy atom. The Balaban J connectivity index is 2.76. The smallest absolute Gasteiger partial charge is 0.323 e. The highest BCUT2D eigenvalue weighted by Crippen LogP contribution is 2.31. The Labute approximate surface area is 111 Å². The van der Waals surface area contributed by atoms with Gasteiger partial charge in [0, 0.05) is 6.04 Å². The van der Waals surface area contributed by atoms with E-state index in [4.69, 9.17) is 0 Å². The van der Waals surface area contributed by atoms with E-state index in [2.05, 4.69) is 31.0 Å². The zero-order chi connectivity index (χ0) is 13.6. The maximum absolute atomic E-state index is 11.6. The fraction of sp³-hybridized carbons (Fsp3) is 0.929. The maximum Gasteiger partial charge on any atom is 0.323 e. The lowest BCUT2D eigenvalue weighted by atomic mass is 9.78. The Kier molecular flexibility index (Phi) is 6.09. The largest absolute Gasteiger partial charge is 0.480 e. The van der Waals surface area contributed by atoms with Crippen molar-refractivity contribution in [2.24, 2.45) is 0 Å². The average molecular weight is 256 g/mol. The highest BCUT2D eigenvalue weighted by atomic mass is 16.4. The topological polar surface area (TPSA) is 52.6 Å². The molecule has 0 aromatic rings. The molecule has 0 aromatic heterocycles. The van der Waals surface area contributed by atoms with Crippen molar-refractivity contribution in [1.29, 1.82) is 0 Å². The number of carbonyl (C=O) groups is 1. The zero-order valence-electron chi connectivity index (χ0n) is 12.0. The van der Waals surface area contributed by atoms with Crippen LogP contribution in [0.3, 0.4) is 0 Å². The summed E-state index contributed by atoms with van der Waals surface area (Å²) in [6, 6.07) is 0.411. The number of rotatable bonds is 7. The van der Waals surface area contributed by atoms with Crippen LogP contribution in [0, 0.1) is 0 Å². The number of hydrogen-bond acceptors (Lipinski definition) is 3. The van der Waals surface area contributed by atoms with Crippen LogP contribution in [0.15, 0.2) is 0 Å². The van der Waals surface area contributed by atoms with Crippen LogP contribution in [0.4, 0.5) is 0 Å². The molecule has 0 heterocycles. The van der Waals surface area contributed by atoms with Crippen LogP contribution in [0.5, 0.6) is 0 Å². The summed E-state index contributed by atoms with van der Waals surface area (Å²) >= 11 is 0. The van der Waals surface area contributed by atoms with Crippen molar-refractivity contribution >= 4 is 5.97 Å². The van der Waals surface area contributed by atoms with E-state index < -0.39 is 11.5 Å². The normalized spacial score (nSPS) is 28.6. The highest BCUT2D eigenvalue weighted by Gasteiger charge is 2.43. The first-order valence-electron chi connectivity index (χ1n) is 7.32. The monoisotopic (exact) mass is 256 g/mol. The Hall–Kier alpha value is -0.610. The minimum Gasteiger partial charge on any atom is -0.480 e. The molecule has 0 aliphatic heterocycles. The van der Waals surface area contributed by atoms with Crippen LogP contribution in [-0.2, 0) is 4.79 Å². The Morgan fingerprint density at radius 3 is 2.56 bits per heavy atom. The molecule has 0 spiro atoms. The first-order chi connectivity index (χ1) is 8.59. The second-order valence-electron chi connectivity index (χ2n) is 5.29. The van der Waals surface area contributed by atoms with E-state index in [0.717, 1.165) is 51.7 Å². The first-order valence-corrected chi connectivity index (χ1v) is 7.32. The van der Waals surface area contributed by atoms with E-state index in [1.165, 1.54) is 0 Å². The van der Waals surface area contributed by atoms with E-state index >= 15 is 0 Å². The average Bonchev–Trinajstić information content (AvgIpc) is 2.38. The molecule has 2 unspecified atom stereocenters. The van der Waals surface area contributed by atoms with Crippen molar-refractivity contribution in [1.82, 2.24) is 10.2 Å². The highest BCUT2D eigenvalue weighted by molar-refractivity contribution is 5.79. The number of carboxylic acid groups (broad SMARTS) is 1. The molecule has 18 heavy (non-hydrogen) atoms. The molecule has 4 heteroatoms. The summed E-state index contributed by atoms with van der Waals surface area (Å²) in [7, 11) is 0. The van der Waals surface area contributed by atoms with Gasteiger partial charge in [0.1, 0.15) is 5.54 Å². The fourth-order valence-corrected chi connectivity index (χ4v) is 3.09. The predicted octanol–water partition coefficient (Wildman–Crippen LogP) is 2.09. The van der Waals surface area contributed by atoms with Gasteiger partial charge in [-0.2, -0.15) is 0 Å². The lowest BCUT2D eigenvalue weighted by Crippen LogP contribution is -2.58. The Morgan fingerprint density at radius 2 is 2.06 bits per heavy atom. The summed E-state index contributed by atoms with van der Waals surface area (Å²) in [5, 5.41) is 12.9. The second-order valence-corrected chi connectivity index (χ2v) is 5.29. The summed E-state index contributed by atoms with van der Waals surface area (Å²) in [5.74, 6) is -0.673. The van der Waals surface area contributed by atoms with Gasteiger partial charge in [0.2, 0.25) is 0 Å². The van der Waals surface area contributed by atoms with Gasteiger partial charge in [-0.3, -0.25) is 4.79 Å². The van der Waals surface area contributed by atoms with Crippen molar-refractivity contribution in [3.8, 4) is 0 Å². The summed E-state index contributed by atoms with van der Waals surface area (Å²) < 4.78 is 0. The van der Waals surface area contributed by atoms with E-state index in [9.17, 15) is 9.90 Å². The van der Waals surface area contributed by atoms with Gasteiger partial charge in [-0.1, -0.05) is 20.8 Å². The van der Waals surface area contributed by atoms with Gasteiger partial charge >= 0.3 is 5.97 Å². The summed E-state index contributed by atoms with van der Waals surface area (Å²) in [5.41, 5.74) is -0.693. The molecule has 0 aromatic carbocycles. The van der Waals surface area contributed by atoms with Gasteiger partial charge in [0.05, 0.1) is 0 Å². The molecule has 2 atom stereocenters. The SMILES string of the molecule is CCCNC1(C(=O)O)CCCC(N(CC)CC)C1. The third-order valence-corrected chi connectivity index (χ3v) is 4.18. The van der Waals surface area contributed by atoms with Crippen LogP contribution in [0.1, 0.15) is 52.9 Å². The number of nitrogens with zero attached hydrogens (tertiary/aromatic N) is 1. The van der Waals surface area contributed by atoms with Crippen molar-refractivity contribution < 1.29 is 9.90 Å². The second kappa shape index (κ2) is 7.10. The molecule has 2 N–H and O–H groups in total. The van der Waals surface area contributed by atoms with Crippen LogP contribution in [0.2, 0.25) is 0 Å². The molecule has 106 valence electrons. The molecular weight excluding hydrogens is 228 g/mol. The van der Waals surface area contributed by atoms with Crippen molar-refractivity contribution in [2.45, 2.75) is 64.5 Å². The van der Waals surface area contributed by atoms with Gasteiger partial charge in [-0.15, -0.1) is 0 Å². The third kappa shape index (κ3) is 3.45. The van der Waals surface area contributed by atoms with E-state index in [-0.39, 0.29) is 0 Å². The fourth-order valence-electron chi connectivity index (χ4n) is 3.09. The minimum absolute atomic E-state index is 0.411. The molecular formula is C14H28N2O2. The molecule has 4 nitrogen and oxygen atoms in total. The molecule has 0 radical (unpaired) electrons. The van der Waals surface area contributed by atoms with Crippen molar-refractivity contribution in [3.05, 3.63) is 0 Å². The molecule has 1 fully saturated rings. The number of carboxylic acids is 1. The van der Waals surface area contributed by atoms with Crippen LogP contribution >= 0.6 is 0 Å². The minimum atomic E-state index is -0.693. The number of hydrogen-bond donors (Lipinski definition) is 2. The first kappa shape index (κ1) is 15.4. The molecule has 1 saturated carbocycles. The van der Waals surface area contributed by atoms with Crippen LogP contribution < -0.4 is 5.32 Å². The van der Waals surface area contributed by atoms with E-state index in [1.807, 2.05) is 0 Å². The summed E-state index contributed by atoms with van der Waals surface area (Å²) in [4.78, 5) is 14.0. The van der Waals surface area contributed by atoms with Crippen molar-refractivity contribution in [2.75, 3.05) is 19.6 Å².